The third-order valence-electron chi connectivity index (χ3n) is 5.52. The molecule has 1 amide bonds. The van der Waals surface area contributed by atoms with Crippen LogP contribution in [-0.2, 0) is 4.79 Å². The SMILES string of the molecule is Cc1ccc(-n2nc(C)c3sc(N(C)CC(=O)NCCC4=CCCCC4)nc32)cc1. The molecule has 1 aliphatic rings. The van der Waals surface area contributed by atoms with Gasteiger partial charge in [0.05, 0.1) is 22.6 Å². The molecule has 1 N–H and O–H groups in total. The molecule has 1 aliphatic carbocycles. The minimum Gasteiger partial charge on any atom is -0.354 e. The number of anilines is 1. The molecule has 3 aromatic rings. The van der Waals surface area contributed by atoms with E-state index in [1.165, 1.54) is 36.8 Å². The van der Waals surface area contributed by atoms with Crippen molar-refractivity contribution in [3.05, 3.63) is 47.2 Å². The van der Waals surface area contributed by atoms with Crippen LogP contribution in [0.15, 0.2) is 35.9 Å². The Bertz CT molecular complexity index is 1060. The minimum atomic E-state index is 0.0325. The van der Waals surface area contributed by atoms with E-state index in [0.717, 1.165) is 33.3 Å². The lowest BCUT2D eigenvalue weighted by Crippen LogP contribution is -2.35. The highest BCUT2D eigenvalue weighted by Crippen LogP contribution is 2.32. The Labute approximate surface area is 181 Å². The first kappa shape index (κ1) is 20.6. The van der Waals surface area contributed by atoms with Crippen LogP contribution in [0.5, 0.6) is 0 Å². The van der Waals surface area contributed by atoms with Gasteiger partial charge in [-0.1, -0.05) is 40.7 Å². The van der Waals surface area contributed by atoms with Gasteiger partial charge >= 0.3 is 0 Å². The number of carbonyl (C=O) groups is 1. The Morgan fingerprint density at radius 1 is 1.23 bits per heavy atom. The number of benzene rings is 1. The highest BCUT2D eigenvalue weighted by Gasteiger charge is 2.18. The lowest BCUT2D eigenvalue weighted by atomic mass is 9.97. The van der Waals surface area contributed by atoms with Gasteiger partial charge in [0, 0.05) is 13.6 Å². The Morgan fingerprint density at radius 2 is 2.03 bits per heavy atom. The highest BCUT2D eigenvalue weighted by atomic mass is 32.1. The van der Waals surface area contributed by atoms with E-state index >= 15 is 0 Å². The van der Waals surface area contributed by atoms with E-state index in [-0.39, 0.29) is 5.91 Å². The molecule has 0 bridgehead atoms. The molecule has 2 aromatic heterocycles. The maximum absolute atomic E-state index is 12.4. The van der Waals surface area contributed by atoms with Crippen molar-refractivity contribution >= 4 is 32.7 Å². The maximum Gasteiger partial charge on any atom is 0.239 e. The summed E-state index contributed by atoms with van der Waals surface area (Å²) in [4.78, 5) is 19.1. The summed E-state index contributed by atoms with van der Waals surface area (Å²) in [6.45, 7) is 5.08. The normalized spacial score (nSPS) is 14.0. The van der Waals surface area contributed by atoms with Gasteiger partial charge in [0.1, 0.15) is 0 Å². The lowest BCUT2D eigenvalue weighted by molar-refractivity contribution is -0.119. The molecule has 7 heteroatoms. The van der Waals surface area contributed by atoms with E-state index < -0.39 is 0 Å². The molecular weight excluding hydrogens is 394 g/mol. The molecule has 4 rings (SSSR count). The van der Waals surface area contributed by atoms with E-state index in [2.05, 4.69) is 47.7 Å². The fourth-order valence-corrected chi connectivity index (χ4v) is 4.73. The predicted octanol–water partition coefficient (Wildman–Crippen LogP) is 4.54. The summed E-state index contributed by atoms with van der Waals surface area (Å²) >= 11 is 1.58. The molecule has 0 saturated carbocycles. The van der Waals surface area contributed by atoms with Gasteiger partial charge in [-0.15, -0.1) is 0 Å². The summed E-state index contributed by atoms with van der Waals surface area (Å²) in [5, 5.41) is 8.54. The average Bonchev–Trinajstić information content (AvgIpc) is 3.30. The van der Waals surface area contributed by atoms with Gasteiger partial charge in [0.15, 0.2) is 10.8 Å². The van der Waals surface area contributed by atoms with Gasteiger partial charge in [-0.05, 0) is 58.1 Å². The smallest absolute Gasteiger partial charge is 0.239 e. The first-order valence-corrected chi connectivity index (χ1v) is 11.4. The molecule has 6 nitrogen and oxygen atoms in total. The fraction of sp³-hybridized carbons (Fsp3) is 0.435. The third-order valence-corrected chi connectivity index (χ3v) is 6.78. The standard InChI is InChI=1S/C23H29N5OS/c1-16-9-11-19(12-10-16)28-22-21(17(2)26-28)30-23(25-22)27(3)15-20(29)24-14-13-18-7-5-4-6-8-18/h7,9-12H,4-6,8,13-15H2,1-3H3,(H,24,29). The zero-order valence-electron chi connectivity index (χ0n) is 17.9. The summed E-state index contributed by atoms with van der Waals surface area (Å²) in [6.07, 6.45) is 8.23. The summed E-state index contributed by atoms with van der Waals surface area (Å²) in [7, 11) is 1.92. The maximum atomic E-state index is 12.4. The van der Waals surface area contributed by atoms with Gasteiger partial charge in [0.2, 0.25) is 5.91 Å². The van der Waals surface area contributed by atoms with Crippen molar-refractivity contribution in [2.75, 3.05) is 25.0 Å². The second-order valence-electron chi connectivity index (χ2n) is 8.05. The number of thiazole rings is 1. The zero-order chi connectivity index (χ0) is 21.1. The molecule has 0 atom stereocenters. The molecule has 2 heterocycles. The van der Waals surface area contributed by atoms with Crippen LogP contribution in [0.25, 0.3) is 16.0 Å². The highest BCUT2D eigenvalue weighted by molar-refractivity contribution is 7.22. The van der Waals surface area contributed by atoms with Crippen molar-refractivity contribution in [2.24, 2.45) is 0 Å². The number of carbonyl (C=O) groups excluding carboxylic acids is 1. The second-order valence-corrected chi connectivity index (χ2v) is 9.02. The number of nitrogens with one attached hydrogen (secondary N) is 1. The molecule has 0 saturated heterocycles. The van der Waals surface area contributed by atoms with Crippen molar-refractivity contribution < 1.29 is 4.79 Å². The molecule has 0 fully saturated rings. The fourth-order valence-electron chi connectivity index (χ4n) is 3.79. The number of hydrogen-bond donors (Lipinski definition) is 1. The van der Waals surface area contributed by atoms with E-state index in [1.54, 1.807) is 11.3 Å². The quantitative estimate of drug-likeness (QED) is 0.567. The van der Waals surface area contributed by atoms with Crippen LogP contribution >= 0.6 is 11.3 Å². The largest absolute Gasteiger partial charge is 0.354 e. The number of nitrogens with zero attached hydrogens (tertiary/aromatic N) is 4. The van der Waals surface area contributed by atoms with Gasteiger partial charge < -0.3 is 10.2 Å². The number of aromatic nitrogens is 3. The molecular formula is C23H29N5OS. The molecule has 0 spiro atoms. The third kappa shape index (κ3) is 4.56. The monoisotopic (exact) mass is 423 g/mol. The number of rotatable bonds is 7. The molecule has 0 aliphatic heterocycles. The average molecular weight is 424 g/mol. The first-order chi connectivity index (χ1) is 14.5. The van der Waals surface area contributed by atoms with Gasteiger partial charge in [-0.2, -0.15) is 10.1 Å². The molecule has 158 valence electrons. The Balaban J connectivity index is 1.41. The summed E-state index contributed by atoms with van der Waals surface area (Å²) in [5.41, 5.74) is 5.48. The van der Waals surface area contributed by atoms with Crippen LogP contribution in [0, 0.1) is 13.8 Å². The number of aryl methyl sites for hydroxylation is 2. The van der Waals surface area contributed by atoms with Gasteiger partial charge in [0.25, 0.3) is 0 Å². The molecule has 1 aromatic carbocycles. The molecule has 30 heavy (non-hydrogen) atoms. The van der Waals surface area contributed by atoms with E-state index in [0.29, 0.717) is 13.1 Å². The van der Waals surface area contributed by atoms with Gasteiger partial charge in [-0.3, -0.25) is 4.79 Å². The number of fused-ring (bicyclic) bond motifs is 1. The van der Waals surface area contributed by atoms with Crippen molar-refractivity contribution in [3.8, 4) is 5.69 Å². The van der Waals surface area contributed by atoms with E-state index in [9.17, 15) is 4.79 Å². The van der Waals surface area contributed by atoms with Crippen LogP contribution in [-0.4, -0.2) is 40.8 Å². The van der Waals surface area contributed by atoms with Crippen molar-refractivity contribution in [3.63, 3.8) is 0 Å². The lowest BCUT2D eigenvalue weighted by Gasteiger charge is -2.16. The van der Waals surface area contributed by atoms with E-state index in [1.807, 2.05) is 23.6 Å². The van der Waals surface area contributed by atoms with Crippen LogP contribution in [0.3, 0.4) is 0 Å². The van der Waals surface area contributed by atoms with Crippen LogP contribution in [0.2, 0.25) is 0 Å². The topological polar surface area (TPSA) is 63.1 Å². The van der Waals surface area contributed by atoms with Crippen molar-refractivity contribution in [1.82, 2.24) is 20.1 Å². The Kier molecular flexibility index (Phi) is 6.18. The van der Waals surface area contributed by atoms with Gasteiger partial charge in [-0.25, -0.2) is 4.68 Å². The summed E-state index contributed by atoms with van der Waals surface area (Å²) in [6, 6.07) is 8.26. The number of amides is 1. The van der Waals surface area contributed by atoms with Crippen molar-refractivity contribution in [2.45, 2.75) is 46.0 Å². The second kappa shape index (κ2) is 9.00. The molecule has 0 radical (unpaired) electrons. The number of likely N-dealkylation sites (N-methyl/N-ethyl adjacent to an activating group) is 1. The summed E-state index contributed by atoms with van der Waals surface area (Å²) in [5.74, 6) is 0.0325. The zero-order valence-corrected chi connectivity index (χ0v) is 18.8. The number of hydrogen-bond acceptors (Lipinski definition) is 5. The number of allylic oxidation sites excluding steroid dienone is 1. The Morgan fingerprint density at radius 3 is 2.77 bits per heavy atom. The van der Waals surface area contributed by atoms with Crippen LogP contribution in [0.1, 0.15) is 43.4 Å². The van der Waals surface area contributed by atoms with Crippen LogP contribution < -0.4 is 10.2 Å². The minimum absolute atomic E-state index is 0.0325. The Hall–Kier alpha value is -2.67. The molecule has 0 unspecified atom stereocenters. The summed E-state index contributed by atoms with van der Waals surface area (Å²) < 4.78 is 2.94. The first-order valence-electron chi connectivity index (χ1n) is 10.6. The van der Waals surface area contributed by atoms with Crippen LogP contribution in [0.4, 0.5) is 5.13 Å². The van der Waals surface area contributed by atoms with E-state index in [4.69, 9.17) is 4.98 Å². The van der Waals surface area contributed by atoms with Crippen molar-refractivity contribution in [1.29, 1.82) is 0 Å². The predicted molar refractivity (Wildman–Crippen MR) is 124 cm³/mol.